The van der Waals surface area contributed by atoms with Crippen molar-refractivity contribution < 1.29 is 0 Å². The van der Waals surface area contributed by atoms with Gasteiger partial charge < -0.3 is 4.57 Å². The summed E-state index contributed by atoms with van der Waals surface area (Å²) in [4.78, 5) is 4.11. The third-order valence-electron chi connectivity index (χ3n) is 2.23. The van der Waals surface area contributed by atoms with E-state index in [4.69, 9.17) is 11.6 Å². The number of hydrogen-bond donors (Lipinski definition) is 1. The minimum atomic E-state index is 0.460. The van der Waals surface area contributed by atoms with E-state index in [0.29, 0.717) is 10.3 Å². The molecule has 0 unspecified atom stereocenters. The zero-order chi connectivity index (χ0) is 11.7. The first-order valence-corrected chi connectivity index (χ1v) is 5.71. The molecular weight excluding hydrogens is 244 g/mol. The monoisotopic (exact) mass is 254 g/mol. The minimum Gasteiger partial charge on any atom is -0.303 e. The van der Waals surface area contributed by atoms with Crippen molar-refractivity contribution in [2.75, 3.05) is 0 Å². The first-order valence-electron chi connectivity index (χ1n) is 4.88. The average Bonchev–Trinajstić information content (AvgIpc) is 2.58. The highest BCUT2D eigenvalue weighted by Crippen LogP contribution is 2.22. The van der Waals surface area contributed by atoms with Gasteiger partial charge in [0.15, 0.2) is 11.0 Å². The molecule has 0 aromatic carbocycles. The lowest BCUT2D eigenvalue weighted by molar-refractivity contribution is 0.689. The lowest BCUT2D eigenvalue weighted by Crippen LogP contribution is -1.99. The van der Waals surface area contributed by atoms with Gasteiger partial charge in [-0.05, 0) is 26.0 Å². The van der Waals surface area contributed by atoms with E-state index in [1.54, 1.807) is 6.07 Å². The maximum atomic E-state index is 5.91. The van der Waals surface area contributed by atoms with Crippen molar-refractivity contribution in [3.8, 4) is 11.4 Å². The van der Waals surface area contributed by atoms with E-state index in [-0.39, 0.29) is 0 Å². The van der Waals surface area contributed by atoms with Crippen molar-refractivity contribution in [3.05, 3.63) is 23.0 Å². The Bertz CT molecular complexity index is 503. The average molecular weight is 255 g/mol. The fourth-order valence-corrected chi connectivity index (χ4v) is 2.09. The number of hydrogen-bond acceptors (Lipinski definition) is 4. The van der Waals surface area contributed by atoms with Crippen LogP contribution in [0.25, 0.3) is 11.4 Å². The molecule has 2 rings (SSSR count). The predicted molar refractivity (Wildman–Crippen MR) is 65.9 cm³/mol. The molecule has 2 heterocycles. The molecule has 0 radical (unpaired) electrons. The Morgan fingerprint density at radius 1 is 1.38 bits per heavy atom. The van der Waals surface area contributed by atoms with E-state index in [2.05, 4.69) is 27.8 Å². The van der Waals surface area contributed by atoms with Crippen molar-refractivity contribution in [2.24, 2.45) is 0 Å². The maximum absolute atomic E-state index is 5.91. The van der Waals surface area contributed by atoms with Crippen molar-refractivity contribution in [1.29, 1.82) is 0 Å². The molecule has 0 aliphatic rings. The summed E-state index contributed by atoms with van der Waals surface area (Å²) in [6.45, 7) is 4.67. The Kier molecular flexibility index (Phi) is 3.16. The Balaban J connectivity index is 2.58. The molecule has 0 spiro atoms. The second-order valence-electron chi connectivity index (χ2n) is 3.39. The summed E-state index contributed by atoms with van der Waals surface area (Å²) in [5, 5.41) is 9.09. The van der Waals surface area contributed by atoms with Crippen LogP contribution in [0.5, 0.6) is 0 Å². The second-order valence-corrected chi connectivity index (χ2v) is 4.18. The molecule has 0 saturated heterocycles. The SMILES string of the molecule is CCn1c(S)nnc1-c1cc(C)nc(Cl)c1. The van der Waals surface area contributed by atoms with Gasteiger partial charge in [0, 0.05) is 17.8 Å². The van der Waals surface area contributed by atoms with E-state index >= 15 is 0 Å². The normalized spacial score (nSPS) is 10.8. The number of thiol groups is 1. The van der Waals surface area contributed by atoms with Crippen molar-refractivity contribution in [1.82, 2.24) is 19.7 Å². The van der Waals surface area contributed by atoms with Gasteiger partial charge in [-0.2, -0.15) is 0 Å². The lowest BCUT2D eigenvalue weighted by Gasteiger charge is -2.05. The molecule has 0 N–H and O–H groups in total. The summed E-state index contributed by atoms with van der Waals surface area (Å²) in [7, 11) is 0. The highest BCUT2D eigenvalue weighted by molar-refractivity contribution is 7.80. The second kappa shape index (κ2) is 4.43. The van der Waals surface area contributed by atoms with Crippen LogP contribution >= 0.6 is 24.2 Å². The smallest absolute Gasteiger partial charge is 0.188 e. The summed E-state index contributed by atoms with van der Waals surface area (Å²) in [6.07, 6.45) is 0. The van der Waals surface area contributed by atoms with Crippen LogP contribution in [-0.4, -0.2) is 19.7 Å². The Hall–Kier alpha value is -1.07. The van der Waals surface area contributed by atoms with Crippen LogP contribution in [0.3, 0.4) is 0 Å². The summed E-state index contributed by atoms with van der Waals surface area (Å²) in [5.74, 6) is 0.764. The zero-order valence-electron chi connectivity index (χ0n) is 8.98. The molecule has 0 aliphatic heterocycles. The molecule has 6 heteroatoms. The van der Waals surface area contributed by atoms with E-state index < -0.39 is 0 Å². The first-order chi connectivity index (χ1) is 7.61. The van der Waals surface area contributed by atoms with E-state index in [0.717, 1.165) is 23.6 Å². The Morgan fingerprint density at radius 3 is 2.75 bits per heavy atom. The van der Waals surface area contributed by atoms with Gasteiger partial charge in [-0.1, -0.05) is 11.6 Å². The minimum absolute atomic E-state index is 0.460. The number of nitrogens with zero attached hydrogens (tertiary/aromatic N) is 4. The van der Waals surface area contributed by atoms with E-state index in [9.17, 15) is 0 Å². The summed E-state index contributed by atoms with van der Waals surface area (Å²) >= 11 is 10.2. The maximum Gasteiger partial charge on any atom is 0.188 e. The molecule has 0 aliphatic carbocycles. The van der Waals surface area contributed by atoms with Gasteiger partial charge in [0.1, 0.15) is 5.15 Å². The molecule has 0 atom stereocenters. The van der Waals surface area contributed by atoms with Crippen LogP contribution in [0.1, 0.15) is 12.6 Å². The Labute approximate surface area is 104 Å². The molecule has 0 bridgehead atoms. The summed E-state index contributed by atoms with van der Waals surface area (Å²) in [6, 6.07) is 3.70. The standard InChI is InChI=1S/C10H11ClN4S/c1-3-15-9(13-14-10(15)16)7-4-6(2)12-8(11)5-7/h4-5H,3H2,1-2H3,(H,14,16). The number of halogens is 1. The van der Waals surface area contributed by atoms with Gasteiger partial charge >= 0.3 is 0 Å². The van der Waals surface area contributed by atoms with Crippen LogP contribution in [0, 0.1) is 6.92 Å². The van der Waals surface area contributed by atoms with Gasteiger partial charge in [0.05, 0.1) is 0 Å². The third-order valence-corrected chi connectivity index (χ3v) is 2.75. The highest BCUT2D eigenvalue weighted by atomic mass is 35.5. The van der Waals surface area contributed by atoms with Gasteiger partial charge in [-0.25, -0.2) is 4.98 Å². The van der Waals surface area contributed by atoms with E-state index in [1.165, 1.54) is 0 Å². The quantitative estimate of drug-likeness (QED) is 0.662. The van der Waals surface area contributed by atoms with Gasteiger partial charge in [0.2, 0.25) is 0 Å². The topological polar surface area (TPSA) is 43.6 Å². The third kappa shape index (κ3) is 2.05. The van der Waals surface area contributed by atoms with Crippen molar-refractivity contribution in [2.45, 2.75) is 25.5 Å². The Morgan fingerprint density at radius 2 is 2.12 bits per heavy atom. The molecule has 16 heavy (non-hydrogen) atoms. The number of pyridine rings is 1. The van der Waals surface area contributed by atoms with Gasteiger partial charge in [0.25, 0.3) is 0 Å². The molecule has 2 aromatic rings. The van der Waals surface area contributed by atoms with E-state index in [1.807, 2.05) is 24.5 Å². The highest BCUT2D eigenvalue weighted by Gasteiger charge is 2.11. The van der Waals surface area contributed by atoms with Gasteiger partial charge in [-0.3, -0.25) is 0 Å². The number of rotatable bonds is 2. The molecule has 0 fully saturated rings. The fourth-order valence-electron chi connectivity index (χ4n) is 1.56. The van der Waals surface area contributed by atoms with Crippen LogP contribution in [0.4, 0.5) is 0 Å². The number of aromatic nitrogens is 4. The molecule has 0 saturated carbocycles. The molecule has 4 nitrogen and oxygen atoms in total. The van der Waals surface area contributed by atoms with Crippen molar-refractivity contribution >= 4 is 24.2 Å². The van der Waals surface area contributed by atoms with Crippen LogP contribution in [0.15, 0.2) is 17.3 Å². The van der Waals surface area contributed by atoms with Crippen LogP contribution in [-0.2, 0) is 6.54 Å². The fraction of sp³-hybridized carbons (Fsp3) is 0.300. The zero-order valence-corrected chi connectivity index (χ0v) is 10.6. The molecule has 84 valence electrons. The van der Waals surface area contributed by atoms with Crippen LogP contribution < -0.4 is 0 Å². The first kappa shape index (κ1) is 11.4. The van der Waals surface area contributed by atoms with Gasteiger partial charge in [-0.15, -0.1) is 22.8 Å². The molecule has 0 amide bonds. The summed E-state index contributed by atoms with van der Waals surface area (Å²) in [5.41, 5.74) is 1.76. The largest absolute Gasteiger partial charge is 0.303 e. The van der Waals surface area contributed by atoms with Crippen LogP contribution in [0.2, 0.25) is 5.15 Å². The molecular formula is C10H11ClN4S. The molecule has 2 aromatic heterocycles. The predicted octanol–water partition coefficient (Wildman–Crippen LogP) is 2.61. The number of aryl methyl sites for hydroxylation is 1. The summed E-state index contributed by atoms with van der Waals surface area (Å²) < 4.78 is 1.91. The lowest BCUT2D eigenvalue weighted by atomic mass is 10.2. The van der Waals surface area contributed by atoms with Crippen molar-refractivity contribution in [3.63, 3.8) is 0 Å².